The molecule has 0 bridgehead atoms. The SMILES string of the molecule is CC(C)NCC1CCCN(c2nc[nH]c(=O)c2Cl)C1. The molecule has 0 amide bonds. The van der Waals surface area contributed by atoms with Gasteiger partial charge < -0.3 is 15.2 Å². The van der Waals surface area contributed by atoms with Crippen LogP contribution in [0.2, 0.25) is 5.02 Å². The van der Waals surface area contributed by atoms with Crippen molar-refractivity contribution in [2.24, 2.45) is 5.92 Å². The average Bonchev–Trinajstić information content (AvgIpc) is 2.40. The molecule has 106 valence electrons. The molecule has 1 unspecified atom stereocenters. The molecule has 1 aliphatic heterocycles. The minimum atomic E-state index is -0.269. The lowest BCUT2D eigenvalue weighted by atomic mass is 9.98. The maximum Gasteiger partial charge on any atom is 0.271 e. The lowest BCUT2D eigenvalue weighted by Crippen LogP contribution is -2.41. The Morgan fingerprint density at radius 3 is 3.16 bits per heavy atom. The molecule has 19 heavy (non-hydrogen) atoms. The van der Waals surface area contributed by atoms with Crippen LogP contribution in [0.4, 0.5) is 5.82 Å². The molecule has 2 N–H and O–H groups in total. The van der Waals surface area contributed by atoms with E-state index in [9.17, 15) is 4.79 Å². The zero-order valence-electron chi connectivity index (χ0n) is 11.4. The second-order valence-corrected chi connectivity index (χ2v) is 5.76. The van der Waals surface area contributed by atoms with Gasteiger partial charge in [0.2, 0.25) is 0 Å². The van der Waals surface area contributed by atoms with Gasteiger partial charge in [0.15, 0.2) is 5.82 Å². The Bertz CT molecular complexity index is 474. The topological polar surface area (TPSA) is 61.0 Å². The molecule has 0 spiro atoms. The summed E-state index contributed by atoms with van der Waals surface area (Å²) in [4.78, 5) is 20.3. The summed E-state index contributed by atoms with van der Waals surface area (Å²) in [7, 11) is 0. The fourth-order valence-corrected chi connectivity index (χ4v) is 2.64. The number of piperidine rings is 1. The molecular weight excluding hydrogens is 264 g/mol. The summed E-state index contributed by atoms with van der Waals surface area (Å²) in [6.07, 6.45) is 3.73. The standard InChI is InChI=1S/C13H21ClN4O/c1-9(2)15-6-10-4-3-5-18(7-10)12-11(14)13(19)17-8-16-12/h8-10,15H,3-7H2,1-2H3,(H,16,17,19). The van der Waals surface area contributed by atoms with Crippen LogP contribution in [0.25, 0.3) is 0 Å². The lowest BCUT2D eigenvalue weighted by Gasteiger charge is -2.34. The zero-order chi connectivity index (χ0) is 13.8. The monoisotopic (exact) mass is 284 g/mol. The highest BCUT2D eigenvalue weighted by Gasteiger charge is 2.23. The Morgan fingerprint density at radius 2 is 2.42 bits per heavy atom. The molecule has 1 fully saturated rings. The maximum atomic E-state index is 11.5. The molecule has 0 aliphatic carbocycles. The Balaban J connectivity index is 2.04. The van der Waals surface area contributed by atoms with Crippen molar-refractivity contribution in [1.29, 1.82) is 0 Å². The summed E-state index contributed by atoms with van der Waals surface area (Å²) in [6, 6.07) is 0.497. The van der Waals surface area contributed by atoms with Crippen LogP contribution >= 0.6 is 11.6 Å². The molecule has 2 rings (SSSR count). The maximum absolute atomic E-state index is 11.5. The van der Waals surface area contributed by atoms with Crippen molar-refractivity contribution in [1.82, 2.24) is 15.3 Å². The zero-order valence-corrected chi connectivity index (χ0v) is 12.2. The van der Waals surface area contributed by atoms with Gasteiger partial charge in [0.05, 0.1) is 6.33 Å². The number of hydrogen-bond acceptors (Lipinski definition) is 4. The predicted molar refractivity (Wildman–Crippen MR) is 77.9 cm³/mol. The third kappa shape index (κ3) is 3.70. The summed E-state index contributed by atoms with van der Waals surface area (Å²) < 4.78 is 0. The summed E-state index contributed by atoms with van der Waals surface area (Å²) in [5.41, 5.74) is -0.269. The molecule has 0 saturated carbocycles. The van der Waals surface area contributed by atoms with Gasteiger partial charge in [0.1, 0.15) is 5.02 Å². The van der Waals surface area contributed by atoms with Crippen molar-refractivity contribution in [2.75, 3.05) is 24.5 Å². The second-order valence-electron chi connectivity index (χ2n) is 5.39. The fraction of sp³-hybridized carbons (Fsp3) is 0.692. The number of aromatic amines is 1. The van der Waals surface area contributed by atoms with Gasteiger partial charge in [-0.1, -0.05) is 25.4 Å². The first-order valence-corrected chi connectivity index (χ1v) is 7.17. The van der Waals surface area contributed by atoms with E-state index in [4.69, 9.17) is 11.6 Å². The van der Waals surface area contributed by atoms with Crippen molar-refractivity contribution in [3.8, 4) is 0 Å². The van der Waals surface area contributed by atoms with E-state index in [1.165, 1.54) is 12.7 Å². The van der Waals surface area contributed by atoms with Crippen molar-refractivity contribution in [3.63, 3.8) is 0 Å². The van der Waals surface area contributed by atoms with Crippen molar-refractivity contribution >= 4 is 17.4 Å². The summed E-state index contributed by atoms with van der Waals surface area (Å²) in [5.74, 6) is 1.19. The normalized spacial score (nSPS) is 20.0. The summed E-state index contributed by atoms with van der Waals surface area (Å²) >= 11 is 6.04. The number of nitrogens with zero attached hydrogens (tertiary/aromatic N) is 2. The van der Waals surface area contributed by atoms with Crippen LogP contribution in [-0.2, 0) is 0 Å². The van der Waals surface area contributed by atoms with Gasteiger partial charge >= 0.3 is 0 Å². The third-order valence-electron chi connectivity index (χ3n) is 3.41. The van der Waals surface area contributed by atoms with E-state index in [1.807, 2.05) is 0 Å². The van der Waals surface area contributed by atoms with E-state index in [-0.39, 0.29) is 10.6 Å². The number of hydrogen-bond donors (Lipinski definition) is 2. The molecule has 6 heteroatoms. The van der Waals surface area contributed by atoms with Crippen LogP contribution < -0.4 is 15.8 Å². The van der Waals surface area contributed by atoms with Gasteiger partial charge in [0, 0.05) is 19.1 Å². The van der Waals surface area contributed by atoms with Gasteiger partial charge in [-0.15, -0.1) is 0 Å². The number of nitrogens with one attached hydrogen (secondary N) is 2. The Morgan fingerprint density at radius 1 is 1.63 bits per heavy atom. The highest BCUT2D eigenvalue weighted by Crippen LogP contribution is 2.24. The van der Waals surface area contributed by atoms with Crippen molar-refractivity contribution < 1.29 is 0 Å². The average molecular weight is 285 g/mol. The summed E-state index contributed by atoms with van der Waals surface area (Å²) in [5, 5.41) is 3.66. The van der Waals surface area contributed by atoms with E-state index in [0.717, 1.165) is 26.1 Å². The van der Waals surface area contributed by atoms with Crippen molar-refractivity contribution in [3.05, 3.63) is 21.7 Å². The Hall–Kier alpha value is -1.07. The highest BCUT2D eigenvalue weighted by molar-refractivity contribution is 6.32. The van der Waals surface area contributed by atoms with Gasteiger partial charge in [-0.25, -0.2) is 4.98 Å². The first-order valence-electron chi connectivity index (χ1n) is 6.79. The van der Waals surface area contributed by atoms with E-state index in [1.54, 1.807) is 0 Å². The largest absolute Gasteiger partial charge is 0.355 e. The minimum absolute atomic E-state index is 0.194. The highest BCUT2D eigenvalue weighted by atomic mass is 35.5. The molecule has 0 radical (unpaired) electrons. The van der Waals surface area contributed by atoms with Crippen LogP contribution in [0.3, 0.4) is 0 Å². The molecule has 0 aromatic carbocycles. The quantitative estimate of drug-likeness (QED) is 0.882. The Labute approximate surface area is 118 Å². The fourth-order valence-electron chi connectivity index (χ4n) is 2.42. The van der Waals surface area contributed by atoms with Crippen LogP contribution in [-0.4, -0.2) is 35.6 Å². The molecule has 5 nitrogen and oxygen atoms in total. The molecule has 1 saturated heterocycles. The number of aromatic nitrogens is 2. The van der Waals surface area contributed by atoms with E-state index < -0.39 is 0 Å². The lowest BCUT2D eigenvalue weighted by molar-refractivity contribution is 0.378. The molecule has 1 atom stereocenters. The van der Waals surface area contributed by atoms with Crippen LogP contribution in [0.15, 0.2) is 11.1 Å². The number of halogens is 1. The number of anilines is 1. The van der Waals surface area contributed by atoms with Gasteiger partial charge in [0.25, 0.3) is 5.56 Å². The van der Waals surface area contributed by atoms with Crippen LogP contribution in [0.1, 0.15) is 26.7 Å². The van der Waals surface area contributed by atoms with Crippen molar-refractivity contribution in [2.45, 2.75) is 32.7 Å². The first kappa shape index (κ1) is 14.3. The number of H-pyrrole nitrogens is 1. The smallest absolute Gasteiger partial charge is 0.271 e. The van der Waals surface area contributed by atoms with Crippen LogP contribution in [0.5, 0.6) is 0 Å². The molecule has 2 heterocycles. The van der Waals surface area contributed by atoms with Gasteiger partial charge in [-0.3, -0.25) is 4.79 Å². The van der Waals surface area contributed by atoms with Gasteiger partial charge in [-0.05, 0) is 25.3 Å². The van der Waals surface area contributed by atoms with E-state index in [0.29, 0.717) is 17.8 Å². The molecule has 1 aromatic rings. The summed E-state index contributed by atoms with van der Waals surface area (Å²) in [6.45, 7) is 7.10. The van der Waals surface area contributed by atoms with Gasteiger partial charge in [-0.2, -0.15) is 0 Å². The molecular formula is C13H21ClN4O. The van der Waals surface area contributed by atoms with Crippen LogP contribution in [0, 0.1) is 5.92 Å². The predicted octanol–water partition coefficient (Wildman–Crippen LogP) is 1.64. The third-order valence-corrected chi connectivity index (χ3v) is 3.75. The number of rotatable bonds is 4. The van der Waals surface area contributed by atoms with E-state index in [2.05, 4.69) is 34.0 Å². The first-order chi connectivity index (χ1) is 9.08. The second kappa shape index (κ2) is 6.39. The molecule has 1 aromatic heterocycles. The Kier molecular flexibility index (Phi) is 4.82. The van der Waals surface area contributed by atoms with E-state index >= 15 is 0 Å². The minimum Gasteiger partial charge on any atom is -0.355 e. The molecule has 1 aliphatic rings.